The first kappa shape index (κ1) is 21.3. The molecule has 2 amide bonds. The van der Waals surface area contributed by atoms with Gasteiger partial charge in [0.25, 0.3) is 0 Å². The van der Waals surface area contributed by atoms with Crippen LogP contribution in [-0.2, 0) is 9.59 Å². The molecule has 0 aliphatic carbocycles. The van der Waals surface area contributed by atoms with Gasteiger partial charge < -0.3 is 24.0 Å². The molecule has 7 heteroatoms. The van der Waals surface area contributed by atoms with Crippen LogP contribution in [0.4, 0.5) is 0 Å². The highest BCUT2D eigenvalue weighted by molar-refractivity contribution is 5.83. The predicted octanol–water partition coefficient (Wildman–Crippen LogP) is 2.68. The number of amides is 2. The molecule has 2 heterocycles. The fourth-order valence-corrected chi connectivity index (χ4v) is 4.48. The van der Waals surface area contributed by atoms with Crippen molar-refractivity contribution in [3.8, 4) is 17.2 Å². The second kappa shape index (κ2) is 9.37. The van der Waals surface area contributed by atoms with Crippen LogP contribution in [0.15, 0.2) is 12.1 Å². The highest BCUT2D eigenvalue weighted by atomic mass is 16.5. The van der Waals surface area contributed by atoms with E-state index >= 15 is 0 Å². The van der Waals surface area contributed by atoms with Crippen molar-refractivity contribution in [1.29, 1.82) is 0 Å². The van der Waals surface area contributed by atoms with Gasteiger partial charge in [-0.15, -0.1) is 0 Å². The number of piperidine rings is 1. The molecule has 0 unspecified atom stereocenters. The molecule has 2 atom stereocenters. The highest BCUT2D eigenvalue weighted by Gasteiger charge is 2.42. The molecule has 2 fully saturated rings. The predicted molar refractivity (Wildman–Crippen MR) is 110 cm³/mol. The average Bonchev–Trinajstić information content (AvgIpc) is 3.22. The minimum Gasteiger partial charge on any atom is -0.493 e. The third-order valence-corrected chi connectivity index (χ3v) is 6.08. The molecule has 0 aromatic heterocycles. The maximum absolute atomic E-state index is 13.4. The summed E-state index contributed by atoms with van der Waals surface area (Å²) < 4.78 is 16.4. The van der Waals surface area contributed by atoms with Gasteiger partial charge in [0.05, 0.1) is 27.2 Å². The Morgan fingerprint density at radius 1 is 0.931 bits per heavy atom. The number of hydrogen-bond acceptors (Lipinski definition) is 5. The van der Waals surface area contributed by atoms with Crippen molar-refractivity contribution < 1.29 is 23.8 Å². The average molecular weight is 405 g/mol. The molecule has 2 saturated heterocycles. The second-order valence-electron chi connectivity index (χ2n) is 7.71. The monoisotopic (exact) mass is 404 g/mol. The lowest BCUT2D eigenvalue weighted by atomic mass is 9.87. The minimum atomic E-state index is -0.258. The van der Waals surface area contributed by atoms with Crippen molar-refractivity contribution in [3.05, 3.63) is 17.7 Å². The Bertz CT molecular complexity index is 720. The van der Waals surface area contributed by atoms with Crippen molar-refractivity contribution in [2.45, 2.75) is 38.5 Å². The summed E-state index contributed by atoms with van der Waals surface area (Å²) in [7, 11) is 4.73. The molecule has 1 aromatic rings. The highest BCUT2D eigenvalue weighted by Crippen LogP contribution is 2.43. The summed E-state index contributed by atoms with van der Waals surface area (Å²) in [6.45, 7) is 4.45. The van der Waals surface area contributed by atoms with Gasteiger partial charge in [-0.1, -0.05) is 6.92 Å². The fourth-order valence-electron chi connectivity index (χ4n) is 4.48. The van der Waals surface area contributed by atoms with Crippen LogP contribution in [0.3, 0.4) is 0 Å². The maximum Gasteiger partial charge on any atom is 0.228 e. The van der Waals surface area contributed by atoms with Gasteiger partial charge in [-0.05, 0) is 37.0 Å². The molecule has 29 heavy (non-hydrogen) atoms. The van der Waals surface area contributed by atoms with E-state index in [-0.39, 0.29) is 23.7 Å². The van der Waals surface area contributed by atoms with Crippen molar-refractivity contribution in [2.24, 2.45) is 5.92 Å². The molecule has 0 radical (unpaired) electrons. The number of benzene rings is 1. The number of nitrogens with zero attached hydrogens (tertiary/aromatic N) is 2. The SMILES string of the molecule is CCC(=O)N1C[C@H](C(=O)N2CCCCC2)[C@@H](c2cc(OC)c(OC)c(OC)c2)C1. The van der Waals surface area contributed by atoms with Crippen LogP contribution in [0.25, 0.3) is 0 Å². The van der Waals surface area contributed by atoms with E-state index in [1.54, 1.807) is 21.3 Å². The van der Waals surface area contributed by atoms with Crippen molar-refractivity contribution in [1.82, 2.24) is 9.80 Å². The van der Waals surface area contributed by atoms with E-state index in [4.69, 9.17) is 14.2 Å². The zero-order valence-corrected chi connectivity index (χ0v) is 17.9. The lowest BCUT2D eigenvalue weighted by Gasteiger charge is -2.31. The van der Waals surface area contributed by atoms with E-state index in [0.29, 0.717) is 36.8 Å². The van der Waals surface area contributed by atoms with Crippen LogP contribution < -0.4 is 14.2 Å². The number of carbonyl (C=O) groups excluding carboxylic acids is 2. The van der Waals surface area contributed by atoms with Crippen molar-refractivity contribution in [2.75, 3.05) is 47.5 Å². The Morgan fingerprint density at radius 3 is 2.07 bits per heavy atom. The molecule has 160 valence electrons. The summed E-state index contributed by atoms with van der Waals surface area (Å²) in [4.78, 5) is 29.6. The molecule has 0 N–H and O–H groups in total. The summed E-state index contributed by atoms with van der Waals surface area (Å²) in [5.74, 6) is 1.51. The lowest BCUT2D eigenvalue weighted by molar-refractivity contribution is -0.136. The van der Waals surface area contributed by atoms with Crippen LogP contribution in [-0.4, -0.2) is 69.1 Å². The van der Waals surface area contributed by atoms with Crippen LogP contribution in [0.2, 0.25) is 0 Å². The largest absolute Gasteiger partial charge is 0.493 e. The van der Waals surface area contributed by atoms with E-state index in [2.05, 4.69) is 0 Å². The zero-order valence-electron chi connectivity index (χ0n) is 17.9. The number of likely N-dealkylation sites (tertiary alicyclic amines) is 2. The summed E-state index contributed by atoms with van der Waals surface area (Å²) in [6.07, 6.45) is 3.70. The Hall–Kier alpha value is -2.44. The Balaban J connectivity index is 1.96. The summed E-state index contributed by atoms with van der Waals surface area (Å²) >= 11 is 0. The first-order chi connectivity index (χ1) is 14.0. The third kappa shape index (κ3) is 4.28. The number of hydrogen-bond donors (Lipinski definition) is 0. The molecule has 2 aliphatic rings. The summed E-state index contributed by atoms with van der Waals surface area (Å²) in [6, 6.07) is 3.81. The van der Waals surface area contributed by atoms with Gasteiger partial charge in [0.1, 0.15) is 0 Å². The van der Waals surface area contributed by atoms with E-state index in [1.807, 2.05) is 28.9 Å². The van der Waals surface area contributed by atoms with Crippen LogP contribution in [0.5, 0.6) is 17.2 Å². The second-order valence-corrected chi connectivity index (χ2v) is 7.71. The fraction of sp³-hybridized carbons (Fsp3) is 0.636. The quantitative estimate of drug-likeness (QED) is 0.729. The Labute approximate surface area is 172 Å². The van der Waals surface area contributed by atoms with Crippen LogP contribution >= 0.6 is 0 Å². The smallest absolute Gasteiger partial charge is 0.228 e. The number of rotatable bonds is 6. The Morgan fingerprint density at radius 2 is 1.55 bits per heavy atom. The molecule has 2 aliphatic heterocycles. The zero-order chi connectivity index (χ0) is 21.0. The van der Waals surface area contributed by atoms with E-state index < -0.39 is 0 Å². The standard InChI is InChI=1S/C22H32N2O5/c1-5-20(25)24-13-16(17(14-24)22(26)23-9-7-6-8-10-23)15-11-18(27-2)21(29-4)19(12-15)28-3/h11-12,16-17H,5-10,13-14H2,1-4H3/t16-,17+/m1/s1. The van der Waals surface area contributed by atoms with Gasteiger partial charge in [-0.3, -0.25) is 9.59 Å². The van der Waals surface area contributed by atoms with Gasteiger partial charge in [-0.25, -0.2) is 0 Å². The lowest BCUT2D eigenvalue weighted by Crippen LogP contribution is -2.42. The normalized spacial score (nSPS) is 21.8. The summed E-state index contributed by atoms with van der Waals surface area (Å²) in [5.41, 5.74) is 0.932. The molecule has 0 bridgehead atoms. The van der Waals surface area contributed by atoms with E-state index in [9.17, 15) is 9.59 Å². The van der Waals surface area contributed by atoms with Gasteiger partial charge in [0, 0.05) is 38.5 Å². The minimum absolute atomic E-state index is 0.0800. The third-order valence-electron chi connectivity index (χ3n) is 6.08. The molecule has 1 aromatic carbocycles. The number of ether oxygens (including phenoxy) is 3. The van der Waals surface area contributed by atoms with Gasteiger partial charge >= 0.3 is 0 Å². The van der Waals surface area contributed by atoms with E-state index in [0.717, 1.165) is 31.5 Å². The van der Waals surface area contributed by atoms with Gasteiger partial charge in [-0.2, -0.15) is 0 Å². The van der Waals surface area contributed by atoms with E-state index in [1.165, 1.54) is 6.42 Å². The Kier molecular flexibility index (Phi) is 6.87. The molecule has 0 saturated carbocycles. The maximum atomic E-state index is 13.4. The first-order valence-corrected chi connectivity index (χ1v) is 10.4. The van der Waals surface area contributed by atoms with Crippen LogP contribution in [0.1, 0.15) is 44.1 Å². The molecular formula is C22H32N2O5. The molecule has 0 spiro atoms. The van der Waals surface area contributed by atoms with Crippen molar-refractivity contribution >= 4 is 11.8 Å². The van der Waals surface area contributed by atoms with Crippen LogP contribution in [0, 0.1) is 5.92 Å². The topological polar surface area (TPSA) is 68.3 Å². The first-order valence-electron chi connectivity index (χ1n) is 10.4. The molecular weight excluding hydrogens is 372 g/mol. The summed E-state index contributed by atoms with van der Waals surface area (Å²) in [5, 5.41) is 0. The number of carbonyl (C=O) groups is 2. The molecule has 7 nitrogen and oxygen atoms in total. The number of methoxy groups -OCH3 is 3. The van der Waals surface area contributed by atoms with Gasteiger partial charge in [0.15, 0.2) is 11.5 Å². The molecule has 3 rings (SSSR count). The van der Waals surface area contributed by atoms with Gasteiger partial charge in [0.2, 0.25) is 17.6 Å². The van der Waals surface area contributed by atoms with Crippen molar-refractivity contribution in [3.63, 3.8) is 0 Å².